The maximum Gasteiger partial charge on any atom is 0.411 e. The van der Waals surface area contributed by atoms with Crippen molar-refractivity contribution in [2.24, 2.45) is 0 Å². The molecule has 0 fully saturated rings. The van der Waals surface area contributed by atoms with Crippen LogP contribution in [0.5, 0.6) is 0 Å². The predicted octanol–water partition coefficient (Wildman–Crippen LogP) is 2.57. The number of amides is 1. The summed E-state index contributed by atoms with van der Waals surface area (Å²) in [7, 11) is 0. The standard InChI is InChI=1S/C12H15NO4/c1-4-17-12(16)13-10-6-8(3)7(2)5-9(10)11(14)15/h5-6H,4H2,1-3H3,(H,13,16)(H,14,15). The summed E-state index contributed by atoms with van der Waals surface area (Å²) >= 11 is 0. The van der Waals surface area contributed by atoms with Crippen molar-refractivity contribution in [3.8, 4) is 0 Å². The van der Waals surface area contributed by atoms with E-state index in [1.165, 1.54) is 6.07 Å². The molecule has 17 heavy (non-hydrogen) atoms. The molecule has 0 bridgehead atoms. The highest BCUT2D eigenvalue weighted by Gasteiger charge is 2.14. The first kappa shape index (κ1) is 13.0. The third kappa shape index (κ3) is 3.21. The number of aromatic carboxylic acids is 1. The van der Waals surface area contributed by atoms with Gasteiger partial charge in [-0.1, -0.05) is 0 Å². The third-order valence-corrected chi connectivity index (χ3v) is 2.38. The van der Waals surface area contributed by atoms with Crippen LogP contribution in [0.2, 0.25) is 0 Å². The van der Waals surface area contributed by atoms with Gasteiger partial charge in [-0.05, 0) is 44.0 Å². The first-order valence-electron chi connectivity index (χ1n) is 5.24. The van der Waals surface area contributed by atoms with Gasteiger partial charge in [0.05, 0.1) is 17.9 Å². The van der Waals surface area contributed by atoms with Gasteiger partial charge in [-0.2, -0.15) is 0 Å². The molecule has 0 unspecified atom stereocenters. The zero-order valence-corrected chi connectivity index (χ0v) is 10.0. The van der Waals surface area contributed by atoms with Crippen molar-refractivity contribution in [1.82, 2.24) is 0 Å². The Kier molecular flexibility index (Phi) is 4.09. The Labute approximate surface area is 99.4 Å². The summed E-state index contributed by atoms with van der Waals surface area (Å²) in [5, 5.41) is 11.5. The quantitative estimate of drug-likeness (QED) is 0.847. The van der Waals surface area contributed by atoms with Gasteiger partial charge in [0.25, 0.3) is 0 Å². The van der Waals surface area contributed by atoms with Crippen LogP contribution in [0, 0.1) is 13.8 Å². The lowest BCUT2D eigenvalue weighted by atomic mass is 10.0. The van der Waals surface area contributed by atoms with Crippen molar-refractivity contribution in [3.63, 3.8) is 0 Å². The van der Waals surface area contributed by atoms with E-state index in [1.807, 2.05) is 13.8 Å². The number of hydrogen-bond acceptors (Lipinski definition) is 3. The van der Waals surface area contributed by atoms with Crippen LogP contribution in [0.4, 0.5) is 10.5 Å². The second-order valence-corrected chi connectivity index (χ2v) is 3.63. The van der Waals surface area contributed by atoms with E-state index in [0.29, 0.717) is 0 Å². The van der Waals surface area contributed by atoms with Crippen molar-refractivity contribution in [2.75, 3.05) is 11.9 Å². The molecule has 0 heterocycles. The van der Waals surface area contributed by atoms with Crippen molar-refractivity contribution < 1.29 is 19.4 Å². The lowest BCUT2D eigenvalue weighted by molar-refractivity contribution is 0.0698. The van der Waals surface area contributed by atoms with Gasteiger partial charge in [0.2, 0.25) is 0 Å². The van der Waals surface area contributed by atoms with Gasteiger partial charge in [-0.25, -0.2) is 9.59 Å². The molecule has 0 saturated heterocycles. The van der Waals surface area contributed by atoms with E-state index in [1.54, 1.807) is 13.0 Å². The number of aryl methyl sites for hydroxylation is 2. The molecule has 1 rings (SSSR count). The van der Waals surface area contributed by atoms with Gasteiger partial charge in [0.15, 0.2) is 0 Å². The normalized spacial score (nSPS) is 9.82. The Morgan fingerprint density at radius 1 is 1.29 bits per heavy atom. The molecule has 0 aliphatic heterocycles. The maximum absolute atomic E-state index is 11.3. The van der Waals surface area contributed by atoms with Gasteiger partial charge in [0, 0.05) is 0 Å². The van der Waals surface area contributed by atoms with Gasteiger partial charge in [-0.3, -0.25) is 5.32 Å². The highest BCUT2D eigenvalue weighted by molar-refractivity contribution is 5.99. The molecule has 1 aromatic carbocycles. The third-order valence-electron chi connectivity index (χ3n) is 2.38. The molecule has 0 aromatic heterocycles. The van der Waals surface area contributed by atoms with Crippen LogP contribution in [0.3, 0.4) is 0 Å². The molecule has 92 valence electrons. The molecule has 0 atom stereocenters. The Morgan fingerprint density at radius 3 is 2.41 bits per heavy atom. The summed E-state index contributed by atoms with van der Waals surface area (Å²) < 4.78 is 4.71. The Balaban J connectivity index is 3.08. The molecule has 0 aliphatic carbocycles. The number of ether oxygens (including phenoxy) is 1. The zero-order chi connectivity index (χ0) is 13.0. The molecule has 1 aromatic rings. The maximum atomic E-state index is 11.3. The summed E-state index contributed by atoms with van der Waals surface area (Å²) in [5.41, 5.74) is 2.07. The lowest BCUT2D eigenvalue weighted by Crippen LogP contribution is -2.16. The van der Waals surface area contributed by atoms with Gasteiger partial charge in [-0.15, -0.1) is 0 Å². The molecule has 0 spiro atoms. The summed E-state index contributed by atoms with van der Waals surface area (Å²) in [4.78, 5) is 22.3. The SMILES string of the molecule is CCOC(=O)Nc1cc(C)c(C)cc1C(=O)O. The molecule has 1 amide bonds. The second-order valence-electron chi connectivity index (χ2n) is 3.63. The van der Waals surface area contributed by atoms with Gasteiger partial charge in [0.1, 0.15) is 0 Å². The fourth-order valence-corrected chi connectivity index (χ4v) is 1.37. The minimum atomic E-state index is -1.08. The van der Waals surface area contributed by atoms with Crippen LogP contribution in [0.1, 0.15) is 28.4 Å². The number of benzene rings is 1. The molecule has 0 aliphatic rings. The van der Waals surface area contributed by atoms with Gasteiger partial charge >= 0.3 is 12.1 Å². The number of nitrogens with one attached hydrogen (secondary N) is 1. The van der Waals surface area contributed by atoms with Crippen LogP contribution in [0.15, 0.2) is 12.1 Å². The summed E-state index contributed by atoms with van der Waals surface area (Å²) in [6.07, 6.45) is -0.654. The number of carboxylic acids is 1. The fraction of sp³-hybridized carbons (Fsp3) is 0.333. The van der Waals surface area contributed by atoms with E-state index in [0.717, 1.165) is 11.1 Å². The number of hydrogen-bond donors (Lipinski definition) is 2. The summed E-state index contributed by atoms with van der Waals surface area (Å²) in [6, 6.07) is 3.15. The average Bonchev–Trinajstić information content (AvgIpc) is 2.23. The number of rotatable bonds is 3. The smallest absolute Gasteiger partial charge is 0.411 e. The summed E-state index contributed by atoms with van der Waals surface area (Å²) in [6.45, 7) is 5.57. The van der Waals surface area contributed by atoms with E-state index >= 15 is 0 Å². The largest absolute Gasteiger partial charge is 0.478 e. The second kappa shape index (κ2) is 5.34. The van der Waals surface area contributed by atoms with Crippen LogP contribution in [0.25, 0.3) is 0 Å². The number of anilines is 1. The molecule has 5 heteroatoms. The number of carboxylic acid groups (broad SMARTS) is 1. The van der Waals surface area contributed by atoms with Crippen molar-refractivity contribution in [1.29, 1.82) is 0 Å². The molecule has 0 radical (unpaired) electrons. The molecule has 5 nitrogen and oxygen atoms in total. The van der Waals surface area contributed by atoms with Crippen molar-refractivity contribution in [2.45, 2.75) is 20.8 Å². The Bertz CT molecular complexity index is 454. The van der Waals surface area contributed by atoms with Crippen molar-refractivity contribution >= 4 is 17.7 Å². The molecular weight excluding hydrogens is 222 g/mol. The topological polar surface area (TPSA) is 75.6 Å². The highest BCUT2D eigenvalue weighted by atomic mass is 16.5. The van der Waals surface area contributed by atoms with Gasteiger partial charge < -0.3 is 9.84 Å². The first-order chi connectivity index (χ1) is 7.95. The molecular formula is C12H15NO4. The minimum Gasteiger partial charge on any atom is -0.478 e. The van der Waals surface area contributed by atoms with Crippen LogP contribution in [-0.2, 0) is 4.74 Å². The fourth-order valence-electron chi connectivity index (χ4n) is 1.37. The van der Waals surface area contributed by atoms with E-state index in [2.05, 4.69) is 5.32 Å². The van der Waals surface area contributed by atoms with Crippen LogP contribution < -0.4 is 5.32 Å². The molecule has 0 saturated carbocycles. The van der Waals surface area contributed by atoms with E-state index in [4.69, 9.17) is 9.84 Å². The Morgan fingerprint density at radius 2 is 1.88 bits per heavy atom. The highest BCUT2D eigenvalue weighted by Crippen LogP contribution is 2.21. The lowest BCUT2D eigenvalue weighted by Gasteiger charge is -2.11. The van der Waals surface area contributed by atoms with Crippen LogP contribution >= 0.6 is 0 Å². The van der Waals surface area contributed by atoms with E-state index in [-0.39, 0.29) is 17.9 Å². The van der Waals surface area contributed by atoms with E-state index < -0.39 is 12.1 Å². The first-order valence-corrected chi connectivity index (χ1v) is 5.24. The predicted molar refractivity (Wildman–Crippen MR) is 63.5 cm³/mol. The average molecular weight is 237 g/mol. The monoisotopic (exact) mass is 237 g/mol. The van der Waals surface area contributed by atoms with Crippen LogP contribution in [-0.4, -0.2) is 23.8 Å². The zero-order valence-electron chi connectivity index (χ0n) is 10.0. The molecule has 2 N–H and O–H groups in total. The van der Waals surface area contributed by atoms with Crippen molar-refractivity contribution in [3.05, 3.63) is 28.8 Å². The minimum absolute atomic E-state index is 0.0566. The Hall–Kier alpha value is -2.04. The van der Waals surface area contributed by atoms with E-state index in [9.17, 15) is 9.59 Å². The number of carbonyl (C=O) groups is 2. The summed E-state index contributed by atoms with van der Waals surface area (Å²) in [5.74, 6) is -1.08. The number of carbonyl (C=O) groups excluding carboxylic acids is 1.